The van der Waals surface area contributed by atoms with Crippen molar-refractivity contribution in [2.24, 2.45) is 7.05 Å². The van der Waals surface area contributed by atoms with Crippen LogP contribution in [-0.2, 0) is 17.1 Å². The van der Waals surface area contributed by atoms with Crippen molar-refractivity contribution in [1.29, 1.82) is 0 Å². The van der Waals surface area contributed by atoms with E-state index in [0.29, 0.717) is 24.5 Å². The van der Waals surface area contributed by atoms with Gasteiger partial charge >= 0.3 is 0 Å². The minimum absolute atomic E-state index is 0.0489. The molecule has 29 heavy (non-hydrogen) atoms. The number of rotatable bonds is 4. The maximum Gasteiger partial charge on any atom is 0.264 e. The Hall–Kier alpha value is -2.06. The van der Waals surface area contributed by atoms with Crippen molar-refractivity contribution < 1.29 is 17.6 Å². The SMILES string of the molecule is Cc1c(C(=O)N2CCCCCC2)c(S(=O)(=O)Nc2ccc(F)c(Cl)c2)c(C)n1C. The zero-order chi connectivity index (χ0) is 21.3. The van der Waals surface area contributed by atoms with Gasteiger partial charge in [0.2, 0.25) is 0 Å². The molecule has 0 atom stereocenters. The second-order valence-electron chi connectivity index (χ2n) is 7.37. The highest BCUT2D eigenvalue weighted by molar-refractivity contribution is 7.92. The van der Waals surface area contributed by atoms with E-state index in [1.165, 1.54) is 12.1 Å². The van der Waals surface area contributed by atoms with E-state index in [1.807, 2.05) is 0 Å². The molecule has 2 heterocycles. The zero-order valence-corrected chi connectivity index (χ0v) is 18.3. The van der Waals surface area contributed by atoms with Gasteiger partial charge in [0.25, 0.3) is 15.9 Å². The van der Waals surface area contributed by atoms with Crippen molar-refractivity contribution >= 4 is 33.2 Å². The predicted octanol–water partition coefficient (Wildman–Crippen LogP) is 4.25. The summed E-state index contributed by atoms with van der Waals surface area (Å²) in [6.07, 6.45) is 3.94. The van der Waals surface area contributed by atoms with Gasteiger partial charge in [-0.05, 0) is 44.9 Å². The first-order valence-electron chi connectivity index (χ1n) is 9.56. The molecule has 0 radical (unpaired) electrons. The second kappa shape index (κ2) is 8.36. The fraction of sp³-hybridized carbons (Fsp3) is 0.450. The van der Waals surface area contributed by atoms with Gasteiger partial charge in [0.1, 0.15) is 10.7 Å². The van der Waals surface area contributed by atoms with E-state index in [-0.39, 0.29) is 27.1 Å². The molecule has 9 heteroatoms. The Kier molecular flexibility index (Phi) is 6.24. The molecule has 1 N–H and O–H groups in total. The van der Waals surface area contributed by atoms with Gasteiger partial charge < -0.3 is 9.47 Å². The molecule has 1 fully saturated rings. The monoisotopic (exact) mass is 441 g/mol. The van der Waals surface area contributed by atoms with Crippen LogP contribution < -0.4 is 4.72 Å². The summed E-state index contributed by atoms with van der Waals surface area (Å²) in [4.78, 5) is 15.0. The summed E-state index contributed by atoms with van der Waals surface area (Å²) >= 11 is 5.77. The first-order valence-corrected chi connectivity index (χ1v) is 11.4. The van der Waals surface area contributed by atoms with Crippen molar-refractivity contribution in [3.05, 3.63) is 46.0 Å². The lowest BCUT2D eigenvalue weighted by Gasteiger charge is -2.21. The Balaban J connectivity index is 2.04. The first-order chi connectivity index (χ1) is 13.6. The summed E-state index contributed by atoms with van der Waals surface area (Å²) < 4.78 is 44.0. The number of hydrogen-bond donors (Lipinski definition) is 1. The van der Waals surface area contributed by atoms with Gasteiger partial charge in [0.05, 0.1) is 16.3 Å². The van der Waals surface area contributed by atoms with Crippen molar-refractivity contribution in [3.8, 4) is 0 Å². The summed E-state index contributed by atoms with van der Waals surface area (Å²) in [5, 5.41) is -0.188. The molecule has 1 aliphatic rings. The molecule has 2 aromatic rings. The molecule has 1 saturated heterocycles. The van der Waals surface area contributed by atoms with Crippen LogP contribution in [0.15, 0.2) is 23.1 Å². The number of nitrogens with one attached hydrogen (secondary N) is 1. The largest absolute Gasteiger partial charge is 0.350 e. The third kappa shape index (κ3) is 4.28. The molecule has 0 bridgehead atoms. The third-order valence-corrected chi connectivity index (χ3v) is 7.30. The molecule has 1 aromatic heterocycles. The minimum Gasteiger partial charge on any atom is -0.350 e. The Morgan fingerprint density at radius 2 is 1.72 bits per heavy atom. The van der Waals surface area contributed by atoms with Crippen LogP contribution >= 0.6 is 11.6 Å². The number of hydrogen-bond acceptors (Lipinski definition) is 3. The number of anilines is 1. The van der Waals surface area contributed by atoms with E-state index in [0.717, 1.165) is 31.7 Å². The lowest BCUT2D eigenvalue weighted by Crippen LogP contribution is -2.33. The Labute approximate surface area is 175 Å². The van der Waals surface area contributed by atoms with E-state index < -0.39 is 15.8 Å². The molecule has 0 unspecified atom stereocenters. The normalized spacial score (nSPS) is 15.3. The van der Waals surface area contributed by atoms with Crippen LogP contribution in [-0.4, -0.2) is 36.9 Å². The molecule has 0 aliphatic carbocycles. The molecule has 158 valence electrons. The maximum absolute atomic E-state index is 13.4. The lowest BCUT2D eigenvalue weighted by atomic mass is 10.2. The van der Waals surface area contributed by atoms with Gasteiger partial charge in [-0.3, -0.25) is 9.52 Å². The summed E-state index contributed by atoms with van der Waals surface area (Å²) in [7, 11) is -2.36. The molecular weight excluding hydrogens is 417 g/mol. The van der Waals surface area contributed by atoms with Crippen LogP contribution in [0.4, 0.5) is 10.1 Å². The summed E-state index contributed by atoms with van der Waals surface area (Å²) in [6, 6.07) is 3.59. The van der Waals surface area contributed by atoms with Crippen LogP contribution in [0.3, 0.4) is 0 Å². The Morgan fingerprint density at radius 3 is 2.31 bits per heavy atom. The van der Waals surface area contributed by atoms with Gasteiger partial charge in [0, 0.05) is 31.5 Å². The highest BCUT2D eigenvalue weighted by Crippen LogP contribution is 2.30. The standard InChI is InChI=1S/C20H25ClFN3O3S/c1-13-18(20(26)25-10-6-4-5-7-11-25)19(14(2)24(13)3)29(27,28)23-15-8-9-17(22)16(21)12-15/h8-9,12,23H,4-7,10-11H2,1-3H3. The highest BCUT2D eigenvalue weighted by atomic mass is 35.5. The Morgan fingerprint density at radius 1 is 1.10 bits per heavy atom. The Bertz CT molecular complexity index is 1040. The number of carbonyl (C=O) groups is 1. The number of sulfonamides is 1. The van der Waals surface area contributed by atoms with Gasteiger partial charge in [0.15, 0.2) is 0 Å². The van der Waals surface area contributed by atoms with Gasteiger partial charge in [-0.1, -0.05) is 24.4 Å². The van der Waals surface area contributed by atoms with Gasteiger partial charge in [-0.2, -0.15) is 0 Å². The van der Waals surface area contributed by atoms with E-state index in [1.54, 1.807) is 30.4 Å². The topological polar surface area (TPSA) is 71.4 Å². The zero-order valence-electron chi connectivity index (χ0n) is 16.8. The second-order valence-corrected chi connectivity index (χ2v) is 9.40. The van der Waals surface area contributed by atoms with Crippen LogP contribution in [0, 0.1) is 19.7 Å². The lowest BCUT2D eigenvalue weighted by molar-refractivity contribution is 0.0757. The fourth-order valence-corrected chi connectivity index (χ4v) is 5.44. The summed E-state index contributed by atoms with van der Waals surface area (Å²) in [5.74, 6) is -0.913. The quantitative estimate of drug-likeness (QED) is 0.770. The molecule has 1 aromatic carbocycles. The van der Waals surface area contributed by atoms with E-state index in [2.05, 4.69) is 4.72 Å². The van der Waals surface area contributed by atoms with Crippen molar-refractivity contribution in [2.75, 3.05) is 17.8 Å². The number of nitrogens with zero attached hydrogens (tertiary/aromatic N) is 2. The molecule has 1 amide bonds. The first kappa shape index (κ1) is 21.6. The molecule has 3 rings (SSSR count). The number of benzene rings is 1. The highest BCUT2D eigenvalue weighted by Gasteiger charge is 2.33. The molecule has 0 spiro atoms. The van der Waals surface area contributed by atoms with Crippen LogP contribution in [0.2, 0.25) is 5.02 Å². The molecule has 1 aliphatic heterocycles. The van der Waals surface area contributed by atoms with Crippen molar-refractivity contribution in [2.45, 2.75) is 44.4 Å². The number of aromatic nitrogens is 1. The van der Waals surface area contributed by atoms with Crippen molar-refractivity contribution in [1.82, 2.24) is 9.47 Å². The van der Waals surface area contributed by atoms with E-state index >= 15 is 0 Å². The molecule has 6 nitrogen and oxygen atoms in total. The number of carbonyl (C=O) groups excluding carboxylic acids is 1. The van der Waals surface area contributed by atoms with Gasteiger partial charge in [-0.25, -0.2) is 12.8 Å². The summed E-state index contributed by atoms with van der Waals surface area (Å²) in [6.45, 7) is 4.64. The smallest absolute Gasteiger partial charge is 0.264 e. The number of amides is 1. The predicted molar refractivity (Wildman–Crippen MR) is 111 cm³/mol. The van der Waals surface area contributed by atoms with Crippen LogP contribution in [0.25, 0.3) is 0 Å². The molecule has 0 saturated carbocycles. The van der Waals surface area contributed by atoms with Gasteiger partial charge in [-0.15, -0.1) is 0 Å². The van der Waals surface area contributed by atoms with Crippen LogP contribution in [0.1, 0.15) is 47.4 Å². The van der Waals surface area contributed by atoms with E-state index in [9.17, 15) is 17.6 Å². The van der Waals surface area contributed by atoms with Crippen LogP contribution in [0.5, 0.6) is 0 Å². The number of halogens is 2. The average molecular weight is 442 g/mol. The maximum atomic E-state index is 13.4. The van der Waals surface area contributed by atoms with E-state index in [4.69, 9.17) is 11.6 Å². The number of likely N-dealkylation sites (tertiary alicyclic amines) is 1. The summed E-state index contributed by atoms with van der Waals surface area (Å²) in [5.41, 5.74) is 1.37. The minimum atomic E-state index is -4.10. The third-order valence-electron chi connectivity index (χ3n) is 5.47. The molecular formula is C20H25ClFN3O3S. The fourth-order valence-electron chi connectivity index (χ4n) is 3.70. The average Bonchev–Trinajstić information content (AvgIpc) is 2.87. The van der Waals surface area contributed by atoms with Crippen molar-refractivity contribution in [3.63, 3.8) is 0 Å².